The summed E-state index contributed by atoms with van der Waals surface area (Å²) in [6.45, 7) is 2.04. The molecule has 1 aromatic rings. The van der Waals surface area contributed by atoms with E-state index in [0.29, 0.717) is 11.8 Å². The summed E-state index contributed by atoms with van der Waals surface area (Å²) >= 11 is 0. The summed E-state index contributed by atoms with van der Waals surface area (Å²) in [6.07, 6.45) is 3.34. The minimum atomic E-state index is -1.55. The Morgan fingerprint density at radius 1 is 1.35 bits per heavy atom. The fourth-order valence-electron chi connectivity index (χ4n) is 1.25. The van der Waals surface area contributed by atoms with E-state index in [0.717, 1.165) is 19.3 Å². The molecule has 1 aromatic heterocycles. The molecule has 2 N–H and O–H groups in total. The van der Waals surface area contributed by atoms with Crippen LogP contribution in [0.25, 0.3) is 0 Å². The third-order valence-corrected chi connectivity index (χ3v) is 2.17. The van der Waals surface area contributed by atoms with Crippen LogP contribution in [0.2, 0.25) is 0 Å². The van der Waals surface area contributed by atoms with Crippen molar-refractivity contribution in [2.24, 2.45) is 0 Å². The van der Waals surface area contributed by atoms with E-state index in [1.54, 1.807) is 6.07 Å². The maximum Gasteiger partial charge on any atom is 0.371 e. The number of carbonyl (C=O) groups is 2. The first kappa shape index (κ1) is 13.0. The quantitative estimate of drug-likeness (QED) is 0.451. The molecular formula is C12H14O5. The zero-order valence-corrected chi connectivity index (χ0v) is 9.47. The molecule has 0 aromatic carbocycles. The van der Waals surface area contributed by atoms with E-state index in [1.807, 2.05) is 6.92 Å². The van der Waals surface area contributed by atoms with Crippen LogP contribution in [0.1, 0.15) is 36.1 Å². The number of aliphatic hydroxyl groups excluding tert-OH is 1. The molecule has 0 radical (unpaired) electrons. The fourth-order valence-corrected chi connectivity index (χ4v) is 1.25. The average molecular weight is 238 g/mol. The van der Waals surface area contributed by atoms with Gasteiger partial charge in [-0.3, -0.25) is 4.79 Å². The number of carboxylic acid groups (broad SMARTS) is 1. The molecule has 1 heterocycles. The lowest BCUT2D eigenvalue weighted by molar-refractivity contribution is -0.135. The SMILES string of the molecule is CCCCc1ccc(C(=O)C=C(O)C(=O)O)o1. The monoisotopic (exact) mass is 238 g/mol. The Labute approximate surface area is 98.4 Å². The summed E-state index contributed by atoms with van der Waals surface area (Å²) in [7, 11) is 0. The van der Waals surface area contributed by atoms with Gasteiger partial charge in [0.25, 0.3) is 0 Å². The molecule has 1 rings (SSSR count). The van der Waals surface area contributed by atoms with E-state index in [-0.39, 0.29) is 5.76 Å². The summed E-state index contributed by atoms with van der Waals surface area (Å²) in [5.41, 5.74) is 0. The van der Waals surface area contributed by atoms with E-state index >= 15 is 0 Å². The molecule has 5 nitrogen and oxygen atoms in total. The van der Waals surface area contributed by atoms with Gasteiger partial charge >= 0.3 is 5.97 Å². The fraction of sp³-hybridized carbons (Fsp3) is 0.333. The smallest absolute Gasteiger partial charge is 0.371 e. The number of hydrogen-bond donors (Lipinski definition) is 2. The Kier molecular flexibility index (Phi) is 4.51. The number of aliphatic hydroxyl groups is 1. The molecule has 0 spiro atoms. The highest BCUT2D eigenvalue weighted by molar-refractivity contribution is 6.06. The number of aryl methyl sites for hydroxylation is 1. The second kappa shape index (κ2) is 5.89. The number of ketones is 1. The highest BCUT2D eigenvalue weighted by atomic mass is 16.4. The lowest BCUT2D eigenvalue weighted by Crippen LogP contribution is -2.03. The van der Waals surface area contributed by atoms with Crippen LogP contribution in [0.4, 0.5) is 0 Å². The molecule has 0 aliphatic rings. The van der Waals surface area contributed by atoms with Gasteiger partial charge in [0, 0.05) is 12.5 Å². The Bertz CT molecular complexity index is 442. The highest BCUT2D eigenvalue weighted by Gasteiger charge is 2.12. The lowest BCUT2D eigenvalue weighted by Gasteiger charge is -1.94. The summed E-state index contributed by atoms with van der Waals surface area (Å²) in [5.74, 6) is -2.49. The third-order valence-electron chi connectivity index (χ3n) is 2.17. The molecule has 0 aliphatic heterocycles. The number of carboxylic acids is 1. The number of rotatable bonds is 6. The van der Waals surface area contributed by atoms with E-state index in [2.05, 4.69) is 0 Å². The van der Waals surface area contributed by atoms with Crippen LogP contribution in [0, 0.1) is 0 Å². The first-order valence-electron chi connectivity index (χ1n) is 5.31. The molecule has 92 valence electrons. The van der Waals surface area contributed by atoms with Crippen molar-refractivity contribution in [2.45, 2.75) is 26.2 Å². The largest absolute Gasteiger partial charge is 0.502 e. The van der Waals surface area contributed by atoms with Gasteiger partial charge < -0.3 is 14.6 Å². The van der Waals surface area contributed by atoms with Gasteiger partial charge in [0.15, 0.2) is 5.76 Å². The van der Waals surface area contributed by atoms with Crippen LogP contribution >= 0.6 is 0 Å². The molecule has 0 amide bonds. The Balaban J connectivity index is 2.73. The number of unbranched alkanes of at least 4 members (excludes halogenated alkanes) is 1. The standard InChI is InChI=1S/C12H14O5/c1-2-3-4-8-5-6-11(17-8)9(13)7-10(14)12(15)16/h5-7,14H,2-4H2,1H3,(H,15,16). The summed E-state index contributed by atoms with van der Waals surface area (Å²) < 4.78 is 5.23. The van der Waals surface area contributed by atoms with Gasteiger partial charge in [-0.05, 0) is 18.6 Å². The van der Waals surface area contributed by atoms with Gasteiger partial charge in [-0.1, -0.05) is 13.3 Å². The minimum absolute atomic E-state index is 0.0314. The predicted molar refractivity (Wildman–Crippen MR) is 60.0 cm³/mol. The van der Waals surface area contributed by atoms with Crippen molar-refractivity contribution in [2.75, 3.05) is 0 Å². The normalized spacial score (nSPS) is 11.5. The first-order valence-corrected chi connectivity index (χ1v) is 5.31. The van der Waals surface area contributed by atoms with E-state index < -0.39 is 17.5 Å². The van der Waals surface area contributed by atoms with Crippen LogP contribution < -0.4 is 0 Å². The maximum absolute atomic E-state index is 11.5. The third kappa shape index (κ3) is 3.79. The van der Waals surface area contributed by atoms with E-state index in [1.165, 1.54) is 6.07 Å². The molecular weight excluding hydrogens is 224 g/mol. The zero-order chi connectivity index (χ0) is 12.8. The number of furan rings is 1. The molecule has 0 saturated carbocycles. The minimum Gasteiger partial charge on any atom is -0.502 e. The average Bonchev–Trinajstić information content (AvgIpc) is 2.74. The van der Waals surface area contributed by atoms with Crippen molar-refractivity contribution in [3.63, 3.8) is 0 Å². The number of allylic oxidation sites excluding steroid dienone is 1. The van der Waals surface area contributed by atoms with Crippen molar-refractivity contribution in [1.82, 2.24) is 0 Å². The van der Waals surface area contributed by atoms with Crippen LogP contribution in [-0.4, -0.2) is 22.0 Å². The molecule has 0 unspecified atom stereocenters. The van der Waals surface area contributed by atoms with Crippen molar-refractivity contribution in [3.8, 4) is 0 Å². The van der Waals surface area contributed by atoms with Crippen LogP contribution in [0.3, 0.4) is 0 Å². The topological polar surface area (TPSA) is 87.7 Å². The summed E-state index contributed by atoms with van der Waals surface area (Å²) in [6, 6.07) is 3.15. The number of carbonyl (C=O) groups excluding carboxylic acids is 1. The van der Waals surface area contributed by atoms with Crippen LogP contribution in [0.5, 0.6) is 0 Å². The van der Waals surface area contributed by atoms with Gasteiger partial charge in [-0.25, -0.2) is 4.79 Å². The van der Waals surface area contributed by atoms with Gasteiger partial charge in [-0.15, -0.1) is 0 Å². The number of aliphatic carboxylic acids is 1. The van der Waals surface area contributed by atoms with Gasteiger partial charge in [-0.2, -0.15) is 0 Å². The lowest BCUT2D eigenvalue weighted by atomic mass is 10.2. The Hall–Kier alpha value is -2.04. The van der Waals surface area contributed by atoms with Crippen LogP contribution in [0.15, 0.2) is 28.4 Å². The van der Waals surface area contributed by atoms with E-state index in [9.17, 15) is 9.59 Å². The molecule has 0 bridgehead atoms. The molecule has 0 atom stereocenters. The van der Waals surface area contributed by atoms with Gasteiger partial charge in [0.1, 0.15) is 5.76 Å². The second-order valence-corrected chi connectivity index (χ2v) is 3.57. The Morgan fingerprint density at radius 2 is 2.06 bits per heavy atom. The van der Waals surface area contributed by atoms with Crippen molar-refractivity contribution in [3.05, 3.63) is 35.5 Å². The van der Waals surface area contributed by atoms with E-state index in [4.69, 9.17) is 14.6 Å². The maximum atomic E-state index is 11.5. The zero-order valence-electron chi connectivity index (χ0n) is 9.47. The number of hydrogen-bond acceptors (Lipinski definition) is 4. The molecule has 0 fully saturated rings. The first-order chi connectivity index (χ1) is 8.04. The summed E-state index contributed by atoms with van der Waals surface area (Å²) in [4.78, 5) is 21.8. The second-order valence-electron chi connectivity index (χ2n) is 3.57. The molecule has 0 saturated heterocycles. The highest BCUT2D eigenvalue weighted by Crippen LogP contribution is 2.12. The molecule has 17 heavy (non-hydrogen) atoms. The molecule has 5 heteroatoms. The van der Waals surface area contributed by atoms with Gasteiger partial charge in [0.05, 0.1) is 0 Å². The Morgan fingerprint density at radius 3 is 2.65 bits per heavy atom. The van der Waals surface area contributed by atoms with Gasteiger partial charge in [0.2, 0.25) is 11.5 Å². The predicted octanol–water partition coefficient (Wildman–Crippen LogP) is 2.33. The summed E-state index contributed by atoms with van der Waals surface area (Å²) in [5, 5.41) is 17.3. The van der Waals surface area contributed by atoms with Crippen LogP contribution in [-0.2, 0) is 11.2 Å². The van der Waals surface area contributed by atoms with Crippen molar-refractivity contribution in [1.29, 1.82) is 0 Å². The van der Waals surface area contributed by atoms with Crippen molar-refractivity contribution >= 4 is 11.8 Å². The van der Waals surface area contributed by atoms with Crippen molar-refractivity contribution < 1.29 is 24.2 Å². The molecule has 0 aliphatic carbocycles.